The molecule has 0 aliphatic rings. The Morgan fingerprint density at radius 3 is 2.37 bits per heavy atom. The Morgan fingerprint density at radius 2 is 1.78 bits per heavy atom. The van der Waals surface area contributed by atoms with Gasteiger partial charge in [-0.1, -0.05) is 32.0 Å². The number of halogens is 3. The number of rotatable bonds is 6. The maximum Gasteiger partial charge on any atom is 0.513 e. The summed E-state index contributed by atoms with van der Waals surface area (Å²) in [5.41, 5.74) is 0.822. The predicted molar refractivity (Wildman–Crippen MR) is 94.0 cm³/mol. The molecule has 0 heterocycles. The minimum Gasteiger partial charge on any atom is -0.488 e. The molecule has 0 saturated heterocycles. The maximum atomic E-state index is 13.4. The Bertz CT molecular complexity index is 800. The summed E-state index contributed by atoms with van der Waals surface area (Å²) >= 11 is 0. The number of hydrogen-bond donors (Lipinski definition) is 0. The Hall–Kier alpha value is -2.70. The minimum absolute atomic E-state index is 0.250. The van der Waals surface area contributed by atoms with Gasteiger partial charge in [0.25, 0.3) is 0 Å². The van der Waals surface area contributed by atoms with Crippen LogP contribution in [-0.2, 0) is 30.4 Å². The van der Waals surface area contributed by atoms with E-state index in [9.17, 15) is 18.0 Å². The second kappa shape index (κ2) is 8.79. The molecule has 0 saturated carbocycles. The summed E-state index contributed by atoms with van der Waals surface area (Å²) in [6, 6.07) is 8.94. The van der Waals surface area contributed by atoms with Gasteiger partial charge in [-0.25, -0.2) is 4.79 Å². The molecule has 2 aromatic carbocycles. The van der Waals surface area contributed by atoms with Crippen LogP contribution in [0.25, 0.3) is 0 Å². The molecule has 0 N–H and O–H groups in total. The Morgan fingerprint density at radius 1 is 1.04 bits per heavy atom. The quantitative estimate of drug-likeness (QED) is 0.485. The van der Waals surface area contributed by atoms with Gasteiger partial charge in [-0.2, -0.15) is 13.2 Å². The molecular weight excluding hydrogens is 361 g/mol. The second-order valence-corrected chi connectivity index (χ2v) is 5.77. The van der Waals surface area contributed by atoms with Gasteiger partial charge in [0.05, 0.1) is 12.7 Å². The van der Waals surface area contributed by atoms with Crippen LogP contribution in [0.5, 0.6) is 11.5 Å². The lowest BCUT2D eigenvalue weighted by atomic mass is 10.0. The monoisotopic (exact) mass is 382 g/mol. The topological polar surface area (TPSA) is 44.8 Å². The van der Waals surface area contributed by atoms with Crippen molar-refractivity contribution < 1.29 is 32.2 Å². The molecule has 0 spiro atoms. The fourth-order valence-corrected chi connectivity index (χ4v) is 2.63. The Kier molecular flexibility index (Phi) is 6.71. The van der Waals surface area contributed by atoms with Crippen LogP contribution < -0.4 is 9.47 Å². The number of alkyl halides is 3. The molecule has 0 fully saturated rings. The summed E-state index contributed by atoms with van der Waals surface area (Å²) in [5.74, 6) is 0.246. The highest BCUT2D eigenvalue weighted by atomic mass is 19.4. The van der Waals surface area contributed by atoms with Gasteiger partial charge in [-0.05, 0) is 42.2 Å². The molecule has 0 bridgehead atoms. The third-order valence-electron chi connectivity index (χ3n) is 4.08. The van der Waals surface area contributed by atoms with Crippen LogP contribution in [0.15, 0.2) is 36.4 Å². The van der Waals surface area contributed by atoms with Crippen LogP contribution in [-0.4, -0.2) is 13.3 Å². The maximum absolute atomic E-state index is 13.4. The van der Waals surface area contributed by atoms with Gasteiger partial charge >= 0.3 is 12.3 Å². The van der Waals surface area contributed by atoms with Crippen molar-refractivity contribution in [1.29, 1.82) is 0 Å². The standard InChI is InChI=1S/C20H21F3O4/c1-4-13-9-10-17(14(5-2)11-13)26-12-15-16(20(21,22)23)7-6-8-18(15)27-19(24)25-3/h6-11H,4-5,12H2,1-3H3. The second-order valence-electron chi connectivity index (χ2n) is 5.77. The van der Waals surface area contributed by atoms with Crippen LogP contribution in [0.1, 0.15) is 36.1 Å². The number of carbonyl (C=O) groups excluding carboxylic acids is 1. The molecular formula is C20H21F3O4. The third kappa shape index (κ3) is 5.15. The van der Waals surface area contributed by atoms with Crippen molar-refractivity contribution in [3.05, 3.63) is 58.7 Å². The molecule has 0 radical (unpaired) electrons. The number of carbonyl (C=O) groups is 1. The van der Waals surface area contributed by atoms with Gasteiger partial charge in [0.2, 0.25) is 0 Å². The van der Waals surface area contributed by atoms with E-state index < -0.39 is 24.5 Å². The third-order valence-corrected chi connectivity index (χ3v) is 4.08. The number of benzene rings is 2. The molecule has 7 heteroatoms. The van der Waals surface area contributed by atoms with Crippen molar-refractivity contribution >= 4 is 6.16 Å². The summed E-state index contributed by atoms with van der Waals surface area (Å²) in [7, 11) is 1.08. The van der Waals surface area contributed by atoms with E-state index in [-0.39, 0.29) is 11.3 Å². The summed E-state index contributed by atoms with van der Waals surface area (Å²) in [6.07, 6.45) is -4.19. The highest BCUT2D eigenvalue weighted by Gasteiger charge is 2.35. The van der Waals surface area contributed by atoms with Gasteiger partial charge in [-0.15, -0.1) is 0 Å². The Labute approximate surface area is 155 Å². The molecule has 0 atom stereocenters. The molecule has 0 aliphatic heterocycles. The summed E-state index contributed by atoms with van der Waals surface area (Å²) in [6.45, 7) is 3.56. The summed E-state index contributed by atoms with van der Waals surface area (Å²) in [5, 5.41) is 0. The van der Waals surface area contributed by atoms with Crippen LogP contribution in [0.2, 0.25) is 0 Å². The molecule has 0 aromatic heterocycles. The number of aryl methyl sites for hydroxylation is 2. The van der Waals surface area contributed by atoms with Crippen molar-refractivity contribution in [3.8, 4) is 11.5 Å². The number of ether oxygens (including phenoxy) is 3. The summed E-state index contributed by atoms with van der Waals surface area (Å²) in [4.78, 5) is 11.4. The Balaban J connectivity index is 2.37. The zero-order chi connectivity index (χ0) is 20.0. The van der Waals surface area contributed by atoms with Crippen molar-refractivity contribution in [1.82, 2.24) is 0 Å². The molecule has 0 amide bonds. The summed E-state index contributed by atoms with van der Waals surface area (Å²) < 4.78 is 55.1. The fourth-order valence-electron chi connectivity index (χ4n) is 2.63. The fraction of sp³-hybridized carbons (Fsp3) is 0.350. The van der Waals surface area contributed by atoms with Crippen molar-refractivity contribution in [2.75, 3.05) is 7.11 Å². The first kappa shape index (κ1) is 20.6. The average molecular weight is 382 g/mol. The number of hydrogen-bond acceptors (Lipinski definition) is 4. The highest BCUT2D eigenvalue weighted by molar-refractivity contribution is 5.64. The van der Waals surface area contributed by atoms with Gasteiger partial charge in [0.15, 0.2) is 0 Å². The lowest BCUT2D eigenvalue weighted by molar-refractivity contribution is -0.138. The first-order valence-corrected chi connectivity index (χ1v) is 8.49. The van der Waals surface area contributed by atoms with Gasteiger partial charge in [0.1, 0.15) is 18.1 Å². The lowest BCUT2D eigenvalue weighted by Gasteiger charge is -2.18. The van der Waals surface area contributed by atoms with Crippen LogP contribution in [0, 0.1) is 0 Å². The van der Waals surface area contributed by atoms with Gasteiger partial charge in [-0.3, -0.25) is 0 Å². The molecule has 0 aliphatic carbocycles. The van der Waals surface area contributed by atoms with E-state index in [1.165, 1.54) is 6.07 Å². The van der Waals surface area contributed by atoms with Crippen LogP contribution >= 0.6 is 0 Å². The molecule has 2 aromatic rings. The van der Waals surface area contributed by atoms with Crippen molar-refractivity contribution in [2.24, 2.45) is 0 Å². The average Bonchev–Trinajstić information content (AvgIpc) is 2.65. The van der Waals surface area contributed by atoms with Crippen molar-refractivity contribution in [2.45, 2.75) is 39.5 Å². The van der Waals surface area contributed by atoms with E-state index in [1.807, 2.05) is 26.0 Å². The van der Waals surface area contributed by atoms with E-state index in [1.54, 1.807) is 6.07 Å². The number of methoxy groups -OCH3 is 1. The first-order chi connectivity index (χ1) is 12.8. The largest absolute Gasteiger partial charge is 0.513 e. The van der Waals surface area contributed by atoms with Gasteiger partial charge < -0.3 is 14.2 Å². The van der Waals surface area contributed by atoms with Crippen molar-refractivity contribution in [3.63, 3.8) is 0 Å². The van der Waals surface area contributed by atoms with E-state index in [4.69, 9.17) is 9.47 Å². The molecule has 27 heavy (non-hydrogen) atoms. The molecule has 0 unspecified atom stereocenters. The van der Waals surface area contributed by atoms with Gasteiger partial charge in [0, 0.05) is 5.56 Å². The van der Waals surface area contributed by atoms with Crippen LogP contribution in [0.3, 0.4) is 0 Å². The molecule has 146 valence electrons. The van der Waals surface area contributed by atoms with E-state index in [2.05, 4.69) is 4.74 Å². The SMILES string of the molecule is CCc1ccc(OCc2c(OC(=O)OC)cccc2C(F)(F)F)c(CC)c1. The van der Waals surface area contributed by atoms with E-state index in [0.29, 0.717) is 12.2 Å². The smallest absolute Gasteiger partial charge is 0.488 e. The van der Waals surface area contributed by atoms with E-state index >= 15 is 0 Å². The molecule has 2 rings (SSSR count). The lowest BCUT2D eigenvalue weighted by Crippen LogP contribution is -2.15. The highest BCUT2D eigenvalue weighted by Crippen LogP contribution is 2.37. The zero-order valence-electron chi connectivity index (χ0n) is 15.4. The normalized spacial score (nSPS) is 11.2. The first-order valence-electron chi connectivity index (χ1n) is 8.49. The minimum atomic E-state index is -4.62. The zero-order valence-corrected chi connectivity index (χ0v) is 15.4. The predicted octanol–water partition coefficient (Wildman–Crippen LogP) is 5.55. The molecule has 4 nitrogen and oxygen atoms in total. The van der Waals surface area contributed by atoms with Crippen LogP contribution in [0.4, 0.5) is 18.0 Å². The van der Waals surface area contributed by atoms with E-state index in [0.717, 1.165) is 36.8 Å².